The fraction of sp³-hybridized carbons (Fsp3) is 0.296. The van der Waals surface area contributed by atoms with E-state index in [2.05, 4.69) is 0 Å². The monoisotopic (exact) mass is 415 g/mol. The normalized spacial score (nSPS) is 15.7. The van der Waals surface area contributed by atoms with Crippen molar-refractivity contribution in [3.63, 3.8) is 0 Å². The Balaban J connectivity index is 1.69. The van der Waals surface area contributed by atoms with Crippen LogP contribution in [0.2, 0.25) is 0 Å². The first-order valence-electron chi connectivity index (χ1n) is 10.9. The van der Waals surface area contributed by atoms with Gasteiger partial charge in [-0.05, 0) is 30.0 Å². The van der Waals surface area contributed by atoms with E-state index in [1.165, 1.54) is 0 Å². The second-order valence-electron chi connectivity index (χ2n) is 7.92. The van der Waals surface area contributed by atoms with Crippen molar-refractivity contribution in [3.8, 4) is 5.75 Å². The molecule has 0 N–H and O–H groups in total. The van der Waals surface area contributed by atoms with Crippen molar-refractivity contribution in [2.45, 2.75) is 31.4 Å². The average molecular weight is 416 g/mol. The van der Waals surface area contributed by atoms with Crippen LogP contribution >= 0.6 is 0 Å². The molecule has 160 valence electrons. The molecule has 0 spiro atoms. The highest BCUT2D eigenvalue weighted by Crippen LogP contribution is 2.29. The van der Waals surface area contributed by atoms with Crippen LogP contribution in [0.1, 0.15) is 35.4 Å². The zero-order valence-electron chi connectivity index (χ0n) is 17.9. The lowest BCUT2D eigenvalue weighted by Gasteiger charge is -2.30. The van der Waals surface area contributed by atoms with Crippen molar-refractivity contribution < 1.29 is 14.3 Å². The molecule has 1 aliphatic rings. The van der Waals surface area contributed by atoms with Crippen LogP contribution in [0.3, 0.4) is 0 Å². The van der Waals surface area contributed by atoms with E-state index in [0.717, 1.165) is 41.9 Å². The van der Waals surface area contributed by atoms with Crippen LogP contribution in [0, 0.1) is 0 Å². The molecule has 3 aromatic carbocycles. The summed E-state index contributed by atoms with van der Waals surface area (Å²) in [4.78, 5) is 16.0. The van der Waals surface area contributed by atoms with Crippen molar-refractivity contribution in [3.05, 3.63) is 102 Å². The summed E-state index contributed by atoms with van der Waals surface area (Å²) < 4.78 is 11.5. The van der Waals surface area contributed by atoms with Crippen molar-refractivity contribution in [2.75, 3.05) is 20.3 Å². The zero-order chi connectivity index (χ0) is 21.5. The Labute approximate surface area is 184 Å². The summed E-state index contributed by atoms with van der Waals surface area (Å²) >= 11 is 0. The van der Waals surface area contributed by atoms with Gasteiger partial charge in [-0.15, -0.1) is 0 Å². The van der Waals surface area contributed by atoms with E-state index < -0.39 is 0 Å². The van der Waals surface area contributed by atoms with Gasteiger partial charge in [-0.2, -0.15) is 0 Å². The maximum Gasteiger partial charge on any atom is 0.234 e. The number of methoxy groups -OCH3 is 1. The van der Waals surface area contributed by atoms with Crippen molar-refractivity contribution in [1.29, 1.82) is 0 Å². The minimum Gasteiger partial charge on any atom is -0.496 e. The van der Waals surface area contributed by atoms with Crippen LogP contribution in [-0.2, 0) is 16.1 Å². The van der Waals surface area contributed by atoms with Crippen molar-refractivity contribution in [1.82, 2.24) is 4.90 Å². The van der Waals surface area contributed by atoms with Gasteiger partial charge in [0.25, 0.3) is 0 Å². The highest BCUT2D eigenvalue weighted by Gasteiger charge is 2.30. The molecule has 3 aromatic rings. The Kier molecular flexibility index (Phi) is 7.00. The molecular weight excluding hydrogens is 386 g/mol. The van der Waals surface area contributed by atoms with Gasteiger partial charge in [-0.25, -0.2) is 0 Å². The number of rotatable bonds is 8. The van der Waals surface area contributed by atoms with E-state index >= 15 is 0 Å². The molecule has 1 heterocycles. The number of benzene rings is 3. The highest BCUT2D eigenvalue weighted by molar-refractivity contribution is 5.87. The second kappa shape index (κ2) is 10.3. The maximum absolute atomic E-state index is 14.1. The molecule has 1 aliphatic heterocycles. The molecule has 0 radical (unpaired) electrons. The Bertz CT molecular complexity index is 929. The molecule has 0 bridgehead atoms. The summed E-state index contributed by atoms with van der Waals surface area (Å²) in [6.07, 6.45) is 2.10. The van der Waals surface area contributed by atoms with Gasteiger partial charge in [-0.3, -0.25) is 4.79 Å². The third-order valence-electron chi connectivity index (χ3n) is 5.83. The Hall–Kier alpha value is -3.11. The van der Waals surface area contributed by atoms with Crippen LogP contribution < -0.4 is 4.74 Å². The van der Waals surface area contributed by atoms with Gasteiger partial charge in [-0.1, -0.05) is 78.9 Å². The molecule has 4 rings (SSSR count). The number of amides is 1. The molecule has 1 fully saturated rings. The van der Waals surface area contributed by atoms with Crippen LogP contribution in [-0.4, -0.2) is 37.2 Å². The fourth-order valence-corrected chi connectivity index (χ4v) is 4.26. The summed E-state index contributed by atoms with van der Waals surface area (Å²) in [6.45, 7) is 1.83. The Morgan fingerprint density at radius 2 is 1.58 bits per heavy atom. The SMILES string of the molecule is COc1ccccc1CN(CC1CCCO1)C(=O)C(c1ccccc1)c1ccccc1. The molecule has 1 unspecified atom stereocenters. The maximum atomic E-state index is 14.1. The van der Waals surface area contributed by atoms with E-state index in [4.69, 9.17) is 9.47 Å². The molecule has 0 aliphatic carbocycles. The number of para-hydroxylation sites is 1. The lowest BCUT2D eigenvalue weighted by Crippen LogP contribution is -2.40. The number of ether oxygens (including phenoxy) is 2. The Morgan fingerprint density at radius 3 is 2.16 bits per heavy atom. The summed E-state index contributed by atoms with van der Waals surface area (Å²) in [6, 6.07) is 27.9. The lowest BCUT2D eigenvalue weighted by molar-refractivity contribution is -0.134. The Morgan fingerprint density at radius 1 is 0.968 bits per heavy atom. The quantitative estimate of drug-likeness (QED) is 0.518. The standard InChI is InChI=1S/C27H29NO3/c1-30-25-17-9-8-15-23(25)19-28(20-24-16-10-18-31-24)27(29)26(21-11-4-2-5-12-21)22-13-6-3-7-14-22/h2-9,11-15,17,24,26H,10,16,18-20H2,1H3. The third-order valence-corrected chi connectivity index (χ3v) is 5.83. The average Bonchev–Trinajstić information content (AvgIpc) is 3.34. The zero-order valence-corrected chi connectivity index (χ0v) is 17.9. The fourth-order valence-electron chi connectivity index (χ4n) is 4.26. The minimum atomic E-state index is -0.362. The number of carbonyl (C=O) groups is 1. The van der Waals surface area contributed by atoms with Crippen molar-refractivity contribution in [2.24, 2.45) is 0 Å². The van der Waals surface area contributed by atoms with Crippen LogP contribution in [0.25, 0.3) is 0 Å². The van der Waals surface area contributed by atoms with Gasteiger partial charge in [0.2, 0.25) is 5.91 Å². The van der Waals surface area contributed by atoms with Crippen LogP contribution in [0.4, 0.5) is 0 Å². The summed E-state index contributed by atoms with van der Waals surface area (Å²) in [5, 5.41) is 0. The van der Waals surface area contributed by atoms with Crippen molar-refractivity contribution >= 4 is 5.91 Å². The minimum absolute atomic E-state index is 0.0749. The van der Waals surface area contributed by atoms with E-state index in [0.29, 0.717) is 13.1 Å². The largest absolute Gasteiger partial charge is 0.496 e. The molecule has 31 heavy (non-hydrogen) atoms. The number of carbonyl (C=O) groups excluding carboxylic acids is 1. The first kappa shape index (κ1) is 21.1. The van der Waals surface area contributed by atoms with Gasteiger partial charge >= 0.3 is 0 Å². The van der Waals surface area contributed by atoms with Gasteiger partial charge in [0, 0.05) is 25.3 Å². The van der Waals surface area contributed by atoms with Gasteiger partial charge in [0.05, 0.1) is 19.1 Å². The summed E-state index contributed by atoms with van der Waals surface area (Å²) in [5.74, 6) is 0.515. The smallest absolute Gasteiger partial charge is 0.234 e. The van der Waals surface area contributed by atoms with Gasteiger partial charge < -0.3 is 14.4 Å². The lowest BCUT2D eigenvalue weighted by atomic mass is 9.89. The molecule has 1 saturated heterocycles. The van der Waals surface area contributed by atoms with Gasteiger partial charge in [0.15, 0.2) is 0 Å². The molecule has 1 atom stereocenters. The molecule has 4 nitrogen and oxygen atoms in total. The van der Waals surface area contributed by atoms with E-state index in [-0.39, 0.29) is 17.9 Å². The second-order valence-corrected chi connectivity index (χ2v) is 7.92. The predicted molar refractivity (Wildman–Crippen MR) is 122 cm³/mol. The first-order chi connectivity index (χ1) is 15.3. The topological polar surface area (TPSA) is 38.8 Å². The molecule has 4 heteroatoms. The first-order valence-corrected chi connectivity index (χ1v) is 10.9. The van der Waals surface area contributed by atoms with E-state index in [1.54, 1.807) is 7.11 Å². The molecular formula is C27H29NO3. The third kappa shape index (κ3) is 5.15. The number of nitrogens with zero attached hydrogens (tertiary/aromatic N) is 1. The number of hydrogen-bond acceptors (Lipinski definition) is 3. The van der Waals surface area contributed by atoms with E-state index in [1.807, 2.05) is 89.8 Å². The van der Waals surface area contributed by atoms with Gasteiger partial charge in [0.1, 0.15) is 5.75 Å². The summed E-state index contributed by atoms with van der Waals surface area (Å²) in [5.41, 5.74) is 2.99. The molecule has 1 amide bonds. The van der Waals surface area contributed by atoms with Crippen LogP contribution in [0.5, 0.6) is 5.75 Å². The van der Waals surface area contributed by atoms with Crippen LogP contribution in [0.15, 0.2) is 84.9 Å². The highest BCUT2D eigenvalue weighted by atomic mass is 16.5. The van der Waals surface area contributed by atoms with E-state index in [9.17, 15) is 4.79 Å². The predicted octanol–water partition coefficient (Wildman–Crippen LogP) is 5.03. The summed E-state index contributed by atoms with van der Waals surface area (Å²) in [7, 11) is 1.67. The molecule has 0 saturated carbocycles. The number of hydrogen-bond donors (Lipinski definition) is 0. The molecule has 0 aromatic heterocycles.